The summed E-state index contributed by atoms with van der Waals surface area (Å²) in [5.74, 6) is -0.122. The van der Waals surface area contributed by atoms with Crippen LogP contribution in [0.1, 0.15) is 23.7 Å². The largest absolute Gasteiger partial charge is 0.450 e. The van der Waals surface area contributed by atoms with Crippen LogP contribution in [0.25, 0.3) is 32.9 Å². The minimum atomic E-state index is -0.607. The zero-order valence-corrected chi connectivity index (χ0v) is 19.1. The maximum atomic E-state index is 14.9. The molecule has 5 rings (SSSR count). The first-order chi connectivity index (χ1) is 16.9. The lowest BCUT2D eigenvalue weighted by atomic mass is 9.98. The van der Waals surface area contributed by atoms with Crippen LogP contribution >= 0.6 is 0 Å². The second kappa shape index (κ2) is 9.02. The summed E-state index contributed by atoms with van der Waals surface area (Å²) in [7, 11) is 0. The number of ether oxygens (including phenoxy) is 1. The summed E-state index contributed by atoms with van der Waals surface area (Å²) < 4.78 is 19.7. The van der Waals surface area contributed by atoms with Crippen molar-refractivity contribution in [2.75, 3.05) is 11.9 Å². The van der Waals surface area contributed by atoms with E-state index in [4.69, 9.17) is 4.74 Å². The third kappa shape index (κ3) is 4.35. The van der Waals surface area contributed by atoms with Crippen molar-refractivity contribution < 1.29 is 13.9 Å². The van der Waals surface area contributed by atoms with E-state index >= 15 is 0 Å². The van der Waals surface area contributed by atoms with Crippen LogP contribution in [0.15, 0.2) is 59.4 Å². The van der Waals surface area contributed by atoms with E-state index < -0.39 is 6.09 Å². The fraction of sp³-hybridized carbons (Fsp3) is 0.154. The Bertz CT molecular complexity index is 1640. The first-order valence-corrected chi connectivity index (χ1v) is 11.1. The molecule has 8 nitrogen and oxygen atoms in total. The van der Waals surface area contributed by atoms with Crippen molar-refractivity contribution in [2.45, 2.75) is 20.3 Å². The fourth-order valence-electron chi connectivity index (χ4n) is 4.18. The summed E-state index contributed by atoms with van der Waals surface area (Å²) in [5.41, 5.74) is 4.53. The molecule has 35 heavy (non-hydrogen) atoms. The van der Waals surface area contributed by atoms with Crippen LogP contribution in [0.5, 0.6) is 0 Å². The summed E-state index contributed by atoms with van der Waals surface area (Å²) in [6.07, 6.45) is -0.187. The van der Waals surface area contributed by atoms with Crippen LogP contribution in [0.4, 0.5) is 15.1 Å². The number of benzene rings is 3. The molecule has 0 aliphatic carbocycles. The number of imidazole rings is 1. The monoisotopic (exact) mass is 471 g/mol. The summed E-state index contributed by atoms with van der Waals surface area (Å²) in [4.78, 5) is 31.3. The molecule has 0 aliphatic rings. The first kappa shape index (κ1) is 22.3. The highest BCUT2D eigenvalue weighted by atomic mass is 19.1. The summed E-state index contributed by atoms with van der Waals surface area (Å²) in [6, 6.07) is 15.9. The molecule has 0 fully saturated rings. The van der Waals surface area contributed by atoms with E-state index in [1.54, 1.807) is 37.3 Å². The van der Waals surface area contributed by atoms with Crippen LogP contribution in [0.3, 0.4) is 0 Å². The van der Waals surface area contributed by atoms with Crippen molar-refractivity contribution >= 4 is 33.8 Å². The minimum Gasteiger partial charge on any atom is -0.450 e. The summed E-state index contributed by atoms with van der Waals surface area (Å²) >= 11 is 0. The van der Waals surface area contributed by atoms with Gasteiger partial charge in [-0.3, -0.25) is 10.1 Å². The van der Waals surface area contributed by atoms with Gasteiger partial charge in [-0.25, -0.2) is 19.3 Å². The molecule has 2 aromatic heterocycles. The van der Waals surface area contributed by atoms with Crippen molar-refractivity contribution in [1.82, 2.24) is 20.2 Å². The quantitative estimate of drug-likeness (QED) is 0.331. The number of H-pyrrole nitrogens is 2. The molecule has 0 spiro atoms. The molecule has 3 N–H and O–H groups in total. The molecule has 0 saturated heterocycles. The molecular formula is C26H22FN5O3. The van der Waals surface area contributed by atoms with Crippen molar-refractivity contribution in [1.29, 1.82) is 0 Å². The zero-order valence-electron chi connectivity index (χ0n) is 19.1. The molecule has 0 bridgehead atoms. The first-order valence-electron chi connectivity index (χ1n) is 11.1. The number of carbonyl (C=O) groups is 1. The Morgan fingerprint density at radius 1 is 1.14 bits per heavy atom. The number of aromatic nitrogens is 4. The Morgan fingerprint density at radius 3 is 2.83 bits per heavy atom. The molecule has 0 aliphatic heterocycles. The molecule has 9 heteroatoms. The van der Waals surface area contributed by atoms with E-state index in [1.165, 1.54) is 6.07 Å². The zero-order chi connectivity index (χ0) is 24.5. The number of anilines is 1. The van der Waals surface area contributed by atoms with E-state index in [9.17, 15) is 14.0 Å². The number of halogens is 1. The molecule has 2 heterocycles. The molecule has 3 aromatic carbocycles. The number of rotatable bonds is 5. The van der Waals surface area contributed by atoms with Crippen molar-refractivity contribution in [3.63, 3.8) is 0 Å². The van der Waals surface area contributed by atoms with Gasteiger partial charge in [-0.2, -0.15) is 5.10 Å². The van der Waals surface area contributed by atoms with Crippen LogP contribution in [-0.2, 0) is 11.2 Å². The molecule has 0 radical (unpaired) electrons. The highest BCUT2D eigenvalue weighted by molar-refractivity contribution is 5.89. The van der Waals surface area contributed by atoms with E-state index in [0.29, 0.717) is 39.7 Å². The SMILES string of the molecule is CCOC(=O)Nc1nc2ccc(-c3cc(Cc4n[nH]c(=O)c5c(C)cccc45)ccc3F)cc2[nH]1. The lowest BCUT2D eigenvalue weighted by Crippen LogP contribution is -2.14. The number of aryl methyl sites for hydroxylation is 1. The molecule has 0 atom stereocenters. The molecule has 1 amide bonds. The van der Waals surface area contributed by atoms with Crippen LogP contribution in [0.2, 0.25) is 0 Å². The van der Waals surface area contributed by atoms with Gasteiger partial charge in [0, 0.05) is 17.4 Å². The van der Waals surface area contributed by atoms with Gasteiger partial charge in [0.25, 0.3) is 5.56 Å². The topological polar surface area (TPSA) is 113 Å². The van der Waals surface area contributed by atoms with Crippen molar-refractivity contribution in [2.24, 2.45) is 0 Å². The predicted molar refractivity (Wildman–Crippen MR) is 132 cm³/mol. The third-order valence-corrected chi connectivity index (χ3v) is 5.79. The highest BCUT2D eigenvalue weighted by Gasteiger charge is 2.13. The molecule has 0 unspecified atom stereocenters. The number of nitrogens with zero attached hydrogens (tertiary/aromatic N) is 2. The van der Waals surface area contributed by atoms with Gasteiger partial charge >= 0.3 is 6.09 Å². The third-order valence-electron chi connectivity index (χ3n) is 5.79. The van der Waals surface area contributed by atoms with E-state index in [-0.39, 0.29) is 23.9 Å². The van der Waals surface area contributed by atoms with Gasteiger partial charge in [-0.1, -0.05) is 30.3 Å². The van der Waals surface area contributed by atoms with Crippen LogP contribution < -0.4 is 10.9 Å². The van der Waals surface area contributed by atoms with Crippen molar-refractivity contribution in [3.05, 3.63) is 87.6 Å². The Labute approximate surface area is 199 Å². The Hall–Kier alpha value is -4.53. The number of hydrogen-bond donors (Lipinski definition) is 3. The summed E-state index contributed by atoms with van der Waals surface area (Å²) in [6.45, 7) is 3.84. The standard InChI is InChI=1S/C26H22FN5O3/c1-3-35-26(34)30-25-28-20-10-8-16(13-22(20)29-25)18-11-15(7-9-19(18)27)12-21-17-6-4-5-14(2)23(17)24(33)32-31-21/h4-11,13H,3,12H2,1-2H3,(H,32,33)(H2,28,29,30,34). The Morgan fingerprint density at radius 2 is 2.00 bits per heavy atom. The van der Waals surface area contributed by atoms with Gasteiger partial charge in [-0.15, -0.1) is 0 Å². The number of fused-ring (bicyclic) bond motifs is 2. The van der Waals surface area contributed by atoms with Gasteiger partial charge in [0.05, 0.1) is 28.7 Å². The lowest BCUT2D eigenvalue weighted by molar-refractivity contribution is 0.167. The number of amides is 1. The van der Waals surface area contributed by atoms with Gasteiger partial charge < -0.3 is 9.72 Å². The highest BCUT2D eigenvalue weighted by Crippen LogP contribution is 2.29. The maximum absolute atomic E-state index is 14.9. The number of nitrogens with one attached hydrogen (secondary N) is 3. The van der Waals surface area contributed by atoms with Crippen molar-refractivity contribution in [3.8, 4) is 11.1 Å². The van der Waals surface area contributed by atoms with Crippen LogP contribution in [0, 0.1) is 12.7 Å². The number of hydrogen-bond acceptors (Lipinski definition) is 5. The van der Waals surface area contributed by atoms with Gasteiger partial charge in [-0.05, 0) is 54.8 Å². The van der Waals surface area contributed by atoms with E-state index in [2.05, 4.69) is 25.5 Å². The fourth-order valence-corrected chi connectivity index (χ4v) is 4.18. The lowest BCUT2D eigenvalue weighted by Gasteiger charge is -2.09. The van der Waals surface area contributed by atoms with E-state index in [0.717, 1.165) is 16.5 Å². The predicted octanol–water partition coefficient (Wildman–Crippen LogP) is 5.07. The minimum absolute atomic E-state index is 0.230. The average molecular weight is 471 g/mol. The van der Waals surface area contributed by atoms with Gasteiger partial charge in [0.15, 0.2) is 0 Å². The molecule has 5 aromatic rings. The normalized spacial score (nSPS) is 11.2. The van der Waals surface area contributed by atoms with Gasteiger partial charge in [0.2, 0.25) is 5.95 Å². The molecular weight excluding hydrogens is 449 g/mol. The van der Waals surface area contributed by atoms with Gasteiger partial charge in [0.1, 0.15) is 5.82 Å². The second-order valence-electron chi connectivity index (χ2n) is 8.15. The Balaban J connectivity index is 1.49. The number of carbonyl (C=O) groups excluding carboxylic acids is 1. The summed E-state index contributed by atoms with van der Waals surface area (Å²) in [5, 5.41) is 10.7. The van der Waals surface area contributed by atoms with E-state index in [1.807, 2.05) is 25.1 Å². The maximum Gasteiger partial charge on any atom is 0.413 e. The smallest absolute Gasteiger partial charge is 0.413 e. The molecule has 0 saturated carbocycles. The Kier molecular flexibility index (Phi) is 5.74. The number of aromatic amines is 2. The second-order valence-corrected chi connectivity index (χ2v) is 8.15. The average Bonchev–Trinajstić information content (AvgIpc) is 3.23. The van der Waals surface area contributed by atoms with Crippen LogP contribution in [-0.4, -0.2) is 32.9 Å². The molecule has 176 valence electrons.